The van der Waals surface area contributed by atoms with E-state index >= 15 is 0 Å². The van der Waals surface area contributed by atoms with E-state index in [-0.39, 0.29) is 29.9 Å². The zero-order valence-electron chi connectivity index (χ0n) is 18.7. The highest BCUT2D eigenvalue weighted by Crippen LogP contribution is 2.41. The van der Waals surface area contributed by atoms with Crippen LogP contribution in [0.1, 0.15) is 51.9 Å². The highest BCUT2D eigenvalue weighted by atomic mass is 16.5. The average Bonchev–Trinajstić information content (AvgIpc) is 2.76. The van der Waals surface area contributed by atoms with Crippen molar-refractivity contribution < 1.29 is 9.53 Å². The third kappa shape index (κ3) is 6.82. The summed E-state index contributed by atoms with van der Waals surface area (Å²) in [5, 5.41) is 10.3. The van der Waals surface area contributed by atoms with Crippen molar-refractivity contribution in [2.75, 3.05) is 33.3 Å². The number of hydrogen-bond acceptors (Lipinski definition) is 5. The van der Waals surface area contributed by atoms with Gasteiger partial charge in [-0.3, -0.25) is 9.79 Å². The summed E-state index contributed by atoms with van der Waals surface area (Å²) >= 11 is 0. The Labute approximate surface area is 181 Å². The molecular weight excluding hydrogens is 380 g/mol. The van der Waals surface area contributed by atoms with E-state index in [9.17, 15) is 4.79 Å². The van der Waals surface area contributed by atoms with E-state index in [4.69, 9.17) is 16.2 Å². The van der Waals surface area contributed by atoms with Gasteiger partial charge in [0.05, 0.1) is 6.10 Å². The molecule has 30 heavy (non-hydrogen) atoms. The van der Waals surface area contributed by atoms with Crippen LogP contribution in [0.3, 0.4) is 0 Å². The summed E-state index contributed by atoms with van der Waals surface area (Å²) in [6.07, 6.45) is 7.65. The molecule has 172 valence electrons. The molecule has 1 saturated carbocycles. The van der Waals surface area contributed by atoms with Gasteiger partial charge in [-0.1, -0.05) is 0 Å². The maximum absolute atomic E-state index is 13.1. The molecule has 3 aliphatic rings. The molecule has 1 amide bonds. The van der Waals surface area contributed by atoms with Crippen molar-refractivity contribution >= 4 is 11.9 Å². The van der Waals surface area contributed by atoms with Crippen LogP contribution in [0, 0.1) is 23.7 Å². The van der Waals surface area contributed by atoms with Crippen LogP contribution in [-0.2, 0) is 9.53 Å². The molecular formula is C22H42N6O2. The molecule has 7 N–H and O–H groups in total. The number of hydrogen-bond donors (Lipinski definition) is 5. The molecule has 7 atom stereocenters. The van der Waals surface area contributed by atoms with Crippen LogP contribution < -0.4 is 27.4 Å². The number of aliphatic imine (C=N–C) groups is 1. The molecule has 0 spiro atoms. The van der Waals surface area contributed by atoms with Crippen LogP contribution in [-0.4, -0.2) is 63.3 Å². The number of rotatable bonds is 7. The Balaban J connectivity index is 1.57. The predicted octanol–water partition coefficient (Wildman–Crippen LogP) is 0.564. The van der Waals surface area contributed by atoms with Gasteiger partial charge in [-0.2, -0.15) is 0 Å². The van der Waals surface area contributed by atoms with E-state index in [1.165, 1.54) is 12.8 Å². The summed E-state index contributed by atoms with van der Waals surface area (Å²) in [7, 11) is 1.77. The lowest BCUT2D eigenvalue weighted by Gasteiger charge is -2.41. The van der Waals surface area contributed by atoms with Gasteiger partial charge in [0.2, 0.25) is 5.91 Å². The Kier molecular flexibility index (Phi) is 8.77. The zero-order valence-corrected chi connectivity index (χ0v) is 18.7. The summed E-state index contributed by atoms with van der Waals surface area (Å²) in [6, 6.07) is 0.843. The first-order chi connectivity index (χ1) is 14.4. The molecule has 0 bridgehead atoms. The van der Waals surface area contributed by atoms with Gasteiger partial charge in [-0.15, -0.1) is 0 Å². The van der Waals surface area contributed by atoms with E-state index in [0.717, 1.165) is 45.2 Å². The monoisotopic (exact) mass is 422 g/mol. The second-order valence-electron chi connectivity index (χ2n) is 9.71. The number of amides is 1. The number of nitrogens with one attached hydrogen (secondary N) is 3. The van der Waals surface area contributed by atoms with Gasteiger partial charge in [-0.05, 0) is 82.7 Å². The fourth-order valence-electron chi connectivity index (χ4n) is 5.77. The van der Waals surface area contributed by atoms with Crippen LogP contribution in [0.2, 0.25) is 0 Å². The number of carbonyl (C=O) groups excluding carboxylic acids is 1. The SMILES string of the molecule is COC1CCNC(CNC(=O)C2CC(CN=C(N)N)CC(C3CCNC(C)C3)C2)C1. The van der Waals surface area contributed by atoms with Gasteiger partial charge in [-0.25, -0.2) is 0 Å². The highest BCUT2D eigenvalue weighted by molar-refractivity contribution is 5.79. The van der Waals surface area contributed by atoms with E-state index in [0.29, 0.717) is 36.9 Å². The van der Waals surface area contributed by atoms with E-state index < -0.39 is 0 Å². The van der Waals surface area contributed by atoms with Crippen molar-refractivity contribution in [2.24, 2.45) is 40.1 Å². The molecule has 0 aromatic rings. The summed E-state index contributed by atoms with van der Waals surface area (Å²) < 4.78 is 5.50. The van der Waals surface area contributed by atoms with Gasteiger partial charge in [0, 0.05) is 38.2 Å². The van der Waals surface area contributed by atoms with Crippen molar-refractivity contribution in [1.29, 1.82) is 0 Å². The van der Waals surface area contributed by atoms with Crippen molar-refractivity contribution in [3.05, 3.63) is 0 Å². The van der Waals surface area contributed by atoms with Gasteiger partial charge in [0.15, 0.2) is 5.96 Å². The van der Waals surface area contributed by atoms with E-state index in [1.54, 1.807) is 7.11 Å². The fourth-order valence-corrected chi connectivity index (χ4v) is 5.77. The number of nitrogens with zero attached hydrogens (tertiary/aromatic N) is 1. The summed E-state index contributed by atoms with van der Waals surface area (Å²) in [4.78, 5) is 17.4. The topological polar surface area (TPSA) is 127 Å². The van der Waals surface area contributed by atoms with Gasteiger partial charge < -0.3 is 32.2 Å². The minimum Gasteiger partial charge on any atom is -0.381 e. The third-order valence-corrected chi connectivity index (χ3v) is 7.38. The molecule has 2 heterocycles. The quantitative estimate of drug-likeness (QED) is 0.301. The largest absolute Gasteiger partial charge is 0.381 e. The lowest BCUT2D eigenvalue weighted by Crippen LogP contribution is -2.49. The average molecular weight is 423 g/mol. The Morgan fingerprint density at radius 1 is 1.07 bits per heavy atom. The smallest absolute Gasteiger partial charge is 0.223 e. The second-order valence-corrected chi connectivity index (χ2v) is 9.71. The molecule has 0 aromatic carbocycles. The van der Waals surface area contributed by atoms with Gasteiger partial charge in [0.1, 0.15) is 0 Å². The lowest BCUT2D eigenvalue weighted by atomic mass is 9.67. The minimum atomic E-state index is 0.0509. The van der Waals surface area contributed by atoms with Gasteiger partial charge in [0.25, 0.3) is 0 Å². The maximum atomic E-state index is 13.1. The molecule has 8 heteroatoms. The summed E-state index contributed by atoms with van der Waals surface area (Å²) in [6.45, 7) is 5.58. The molecule has 0 aromatic heterocycles. The van der Waals surface area contributed by atoms with Crippen LogP contribution >= 0.6 is 0 Å². The zero-order chi connectivity index (χ0) is 21.5. The van der Waals surface area contributed by atoms with E-state index in [2.05, 4.69) is 27.9 Å². The summed E-state index contributed by atoms with van der Waals surface area (Å²) in [5.41, 5.74) is 11.2. The van der Waals surface area contributed by atoms with Crippen LogP contribution in [0.4, 0.5) is 0 Å². The first-order valence-electron chi connectivity index (χ1n) is 11.8. The molecule has 2 saturated heterocycles. The first kappa shape index (κ1) is 23.3. The second kappa shape index (κ2) is 11.3. The molecule has 1 aliphatic carbocycles. The molecule has 3 fully saturated rings. The molecule has 3 rings (SSSR count). The van der Waals surface area contributed by atoms with Crippen molar-refractivity contribution in [2.45, 2.75) is 70.1 Å². The number of nitrogens with two attached hydrogens (primary N) is 2. The maximum Gasteiger partial charge on any atom is 0.223 e. The van der Waals surface area contributed by atoms with Crippen LogP contribution in [0.5, 0.6) is 0 Å². The van der Waals surface area contributed by atoms with Crippen molar-refractivity contribution in [3.63, 3.8) is 0 Å². The number of piperidine rings is 2. The Morgan fingerprint density at radius 3 is 2.60 bits per heavy atom. The molecule has 2 aliphatic heterocycles. The highest BCUT2D eigenvalue weighted by Gasteiger charge is 2.37. The number of ether oxygens (including phenoxy) is 1. The van der Waals surface area contributed by atoms with Crippen molar-refractivity contribution in [1.82, 2.24) is 16.0 Å². The standard InChI is InChI=1S/C22H42N6O2/c1-14-7-16(3-5-25-14)17-8-15(12-28-22(23)24)9-18(10-17)21(29)27-13-19-11-20(30-2)4-6-26-19/h14-20,25-26H,3-13H2,1-2H3,(H,27,29)(H4,23,24,28). The van der Waals surface area contributed by atoms with E-state index in [1.807, 2.05) is 0 Å². The minimum absolute atomic E-state index is 0.0509. The predicted molar refractivity (Wildman–Crippen MR) is 120 cm³/mol. The molecule has 0 radical (unpaired) electrons. The lowest BCUT2D eigenvalue weighted by molar-refractivity contribution is -0.127. The molecule has 8 nitrogen and oxygen atoms in total. The summed E-state index contributed by atoms with van der Waals surface area (Å²) in [5.74, 6) is 2.01. The van der Waals surface area contributed by atoms with Gasteiger partial charge >= 0.3 is 0 Å². The third-order valence-electron chi connectivity index (χ3n) is 7.38. The Morgan fingerprint density at radius 2 is 1.87 bits per heavy atom. The normalized spacial score (nSPS) is 37.3. The fraction of sp³-hybridized carbons (Fsp3) is 0.909. The Hall–Kier alpha value is -1.38. The number of methoxy groups -OCH3 is 1. The van der Waals surface area contributed by atoms with Crippen LogP contribution in [0.25, 0.3) is 0 Å². The number of carbonyl (C=O) groups is 1. The van der Waals surface area contributed by atoms with Crippen LogP contribution in [0.15, 0.2) is 4.99 Å². The molecule has 7 unspecified atom stereocenters. The Bertz CT molecular complexity index is 582. The number of guanidine groups is 1. The van der Waals surface area contributed by atoms with Crippen molar-refractivity contribution in [3.8, 4) is 0 Å². The first-order valence-corrected chi connectivity index (χ1v) is 11.8.